The van der Waals surface area contributed by atoms with Gasteiger partial charge in [-0.05, 0) is 35.9 Å². The topological polar surface area (TPSA) is 29.5 Å². The number of carbonyl (C=O) groups is 1. The predicted molar refractivity (Wildman–Crippen MR) is 90.3 cm³/mol. The normalized spacial score (nSPS) is 10.2. The first-order chi connectivity index (χ1) is 10.1. The number of hydrogen-bond donors (Lipinski definition) is 0. The van der Waals surface area contributed by atoms with Gasteiger partial charge in [0.25, 0.3) is 5.91 Å². The number of benzene rings is 2. The summed E-state index contributed by atoms with van der Waals surface area (Å²) in [6.45, 7) is 0.576. The second-order valence-electron chi connectivity index (χ2n) is 4.58. The summed E-state index contributed by atoms with van der Waals surface area (Å²) < 4.78 is 7.47. The Hall–Kier alpha value is -1.33. The van der Waals surface area contributed by atoms with Gasteiger partial charge in [0.05, 0.1) is 0 Å². The third kappa shape index (κ3) is 4.86. The summed E-state index contributed by atoms with van der Waals surface area (Å²) in [5, 5.41) is 0. The molecule has 0 spiro atoms. The molecule has 1 amide bonds. The number of nitrogens with zero attached hydrogens (tertiary/aromatic N) is 1. The molecule has 0 heterocycles. The summed E-state index contributed by atoms with van der Waals surface area (Å²) in [4.78, 5) is 13.7. The fourth-order valence-corrected chi connectivity index (χ4v) is 2.43. The average Bonchev–Trinajstić information content (AvgIpc) is 2.48. The molecule has 0 N–H and O–H groups in total. The zero-order valence-electron chi connectivity index (χ0n) is 11.6. The van der Waals surface area contributed by atoms with Crippen molar-refractivity contribution in [2.45, 2.75) is 6.54 Å². The van der Waals surface area contributed by atoms with Gasteiger partial charge >= 0.3 is 0 Å². The molecule has 0 aliphatic rings. The highest BCUT2D eigenvalue weighted by Gasteiger charge is 2.11. The van der Waals surface area contributed by atoms with E-state index in [1.54, 1.807) is 11.9 Å². The Balaban J connectivity index is 1.88. The van der Waals surface area contributed by atoms with Crippen molar-refractivity contribution in [3.05, 3.63) is 63.0 Å². The molecule has 2 rings (SSSR count). The van der Waals surface area contributed by atoms with E-state index in [1.807, 2.05) is 48.5 Å². The van der Waals surface area contributed by atoms with Crippen molar-refractivity contribution in [2.75, 3.05) is 13.7 Å². The lowest BCUT2D eigenvalue weighted by molar-refractivity contribution is -0.132. The van der Waals surface area contributed by atoms with Crippen LogP contribution in [0.4, 0.5) is 0 Å². The van der Waals surface area contributed by atoms with Crippen LogP contribution in [0.25, 0.3) is 0 Å². The maximum atomic E-state index is 12.1. The number of rotatable bonds is 5. The molecule has 0 aliphatic carbocycles. The molecule has 0 bridgehead atoms. The summed E-state index contributed by atoms with van der Waals surface area (Å²) in [6.07, 6.45) is 0. The van der Waals surface area contributed by atoms with E-state index in [2.05, 4.69) is 31.9 Å². The van der Waals surface area contributed by atoms with E-state index in [1.165, 1.54) is 0 Å². The van der Waals surface area contributed by atoms with Gasteiger partial charge in [-0.2, -0.15) is 0 Å². The number of amides is 1. The minimum atomic E-state index is -0.0614. The summed E-state index contributed by atoms with van der Waals surface area (Å²) >= 11 is 6.84. The summed E-state index contributed by atoms with van der Waals surface area (Å²) in [7, 11) is 1.77. The van der Waals surface area contributed by atoms with Gasteiger partial charge in [0, 0.05) is 22.5 Å². The molecule has 0 atom stereocenters. The molecule has 0 aromatic heterocycles. The zero-order chi connectivity index (χ0) is 15.2. The van der Waals surface area contributed by atoms with Crippen LogP contribution >= 0.6 is 31.9 Å². The average molecular weight is 413 g/mol. The van der Waals surface area contributed by atoms with Crippen molar-refractivity contribution in [3.63, 3.8) is 0 Å². The first-order valence-electron chi connectivity index (χ1n) is 6.42. The quantitative estimate of drug-likeness (QED) is 0.734. The molecule has 0 saturated heterocycles. The van der Waals surface area contributed by atoms with Gasteiger partial charge in [0.1, 0.15) is 5.75 Å². The molecule has 0 unspecified atom stereocenters. The lowest BCUT2D eigenvalue weighted by atomic mass is 10.2. The van der Waals surface area contributed by atoms with Gasteiger partial charge in [-0.1, -0.05) is 50.1 Å². The van der Waals surface area contributed by atoms with E-state index in [4.69, 9.17) is 4.74 Å². The molecule has 21 heavy (non-hydrogen) atoms. The lowest BCUT2D eigenvalue weighted by Crippen LogP contribution is -2.31. The molecule has 3 nitrogen and oxygen atoms in total. The van der Waals surface area contributed by atoms with Gasteiger partial charge < -0.3 is 9.64 Å². The van der Waals surface area contributed by atoms with Gasteiger partial charge in [-0.3, -0.25) is 4.79 Å². The Morgan fingerprint density at radius 1 is 1.10 bits per heavy atom. The number of hydrogen-bond acceptors (Lipinski definition) is 2. The van der Waals surface area contributed by atoms with Gasteiger partial charge in [-0.25, -0.2) is 0 Å². The van der Waals surface area contributed by atoms with Crippen LogP contribution in [0.1, 0.15) is 5.56 Å². The largest absolute Gasteiger partial charge is 0.484 e. The van der Waals surface area contributed by atoms with E-state index in [9.17, 15) is 4.79 Å². The lowest BCUT2D eigenvalue weighted by Gasteiger charge is -2.18. The summed E-state index contributed by atoms with van der Waals surface area (Å²) in [6, 6.07) is 15.3. The Morgan fingerprint density at radius 3 is 2.43 bits per heavy atom. The van der Waals surface area contributed by atoms with E-state index < -0.39 is 0 Å². The minimum absolute atomic E-state index is 0.0303. The van der Waals surface area contributed by atoms with Gasteiger partial charge in [0.2, 0.25) is 0 Å². The Bertz CT molecular complexity index is 614. The fraction of sp³-hybridized carbons (Fsp3) is 0.188. The number of ether oxygens (including phenoxy) is 1. The van der Waals surface area contributed by atoms with Crippen LogP contribution in [0, 0.1) is 0 Å². The van der Waals surface area contributed by atoms with Crippen LogP contribution in [0.3, 0.4) is 0 Å². The molecule has 110 valence electrons. The highest BCUT2D eigenvalue weighted by molar-refractivity contribution is 9.10. The Morgan fingerprint density at radius 2 is 1.76 bits per heavy atom. The van der Waals surface area contributed by atoms with Crippen molar-refractivity contribution < 1.29 is 9.53 Å². The smallest absolute Gasteiger partial charge is 0.260 e. The Kier molecular flexibility index (Phi) is 5.82. The molecular formula is C16H15Br2NO2. The first kappa shape index (κ1) is 16.0. The van der Waals surface area contributed by atoms with Crippen LogP contribution in [-0.2, 0) is 11.3 Å². The van der Waals surface area contributed by atoms with Crippen molar-refractivity contribution >= 4 is 37.8 Å². The highest BCUT2D eigenvalue weighted by Crippen LogP contribution is 2.18. The predicted octanol–water partition coefficient (Wildman–Crippen LogP) is 4.25. The van der Waals surface area contributed by atoms with Crippen LogP contribution in [0.15, 0.2) is 57.5 Å². The van der Waals surface area contributed by atoms with Crippen molar-refractivity contribution in [3.8, 4) is 5.75 Å². The van der Waals surface area contributed by atoms with Crippen molar-refractivity contribution in [1.82, 2.24) is 4.90 Å². The molecule has 5 heteroatoms. The monoisotopic (exact) mass is 411 g/mol. The van der Waals surface area contributed by atoms with Crippen LogP contribution < -0.4 is 4.74 Å². The second kappa shape index (κ2) is 7.61. The van der Waals surface area contributed by atoms with E-state index in [-0.39, 0.29) is 12.5 Å². The zero-order valence-corrected chi connectivity index (χ0v) is 14.7. The summed E-state index contributed by atoms with van der Waals surface area (Å²) in [5.74, 6) is 0.620. The van der Waals surface area contributed by atoms with Crippen molar-refractivity contribution in [2.24, 2.45) is 0 Å². The third-order valence-corrected chi connectivity index (χ3v) is 4.27. The van der Waals surface area contributed by atoms with Gasteiger partial charge in [-0.15, -0.1) is 0 Å². The molecule has 2 aromatic carbocycles. The van der Waals surface area contributed by atoms with Crippen LogP contribution in [0.2, 0.25) is 0 Å². The highest BCUT2D eigenvalue weighted by atomic mass is 79.9. The maximum Gasteiger partial charge on any atom is 0.260 e. The van der Waals surface area contributed by atoms with Gasteiger partial charge in [0.15, 0.2) is 6.61 Å². The molecule has 2 aromatic rings. The van der Waals surface area contributed by atoms with Crippen LogP contribution in [0.5, 0.6) is 5.75 Å². The molecule has 0 aliphatic heterocycles. The SMILES string of the molecule is CN(Cc1ccccc1Br)C(=O)COc1ccc(Br)cc1. The molecule has 0 fully saturated rings. The molecule has 0 saturated carbocycles. The van der Waals surface area contributed by atoms with E-state index in [0.717, 1.165) is 14.5 Å². The fourth-order valence-electron chi connectivity index (χ4n) is 1.76. The van der Waals surface area contributed by atoms with Crippen LogP contribution in [-0.4, -0.2) is 24.5 Å². The second-order valence-corrected chi connectivity index (χ2v) is 6.35. The van der Waals surface area contributed by atoms with E-state index in [0.29, 0.717) is 12.3 Å². The van der Waals surface area contributed by atoms with Crippen molar-refractivity contribution in [1.29, 1.82) is 0 Å². The number of carbonyl (C=O) groups excluding carboxylic acids is 1. The molecule has 0 radical (unpaired) electrons. The number of halogens is 2. The summed E-state index contributed by atoms with van der Waals surface area (Å²) in [5.41, 5.74) is 1.07. The maximum absolute atomic E-state index is 12.1. The number of likely N-dealkylation sites (N-methyl/N-ethyl adjacent to an activating group) is 1. The third-order valence-electron chi connectivity index (χ3n) is 2.97. The minimum Gasteiger partial charge on any atom is -0.484 e. The Labute approximate surface area is 141 Å². The molecular weight excluding hydrogens is 398 g/mol. The first-order valence-corrected chi connectivity index (χ1v) is 8.00. The standard InChI is InChI=1S/C16H15Br2NO2/c1-19(10-12-4-2-3-5-15(12)18)16(20)11-21-14-8-6-13(17)7-9-14/h2-9H,10-11H2,1H3. The van der Waals surface area contributed by atoms with E-state index >= 15 is 0 Å².